The summed E-state index contributed by atoms with van der Waals surface area (Å²) < 4.78 is 0.925. The second-order valence-electron chi connectivity index (χ2n) is 3.76. The molecule has 1 aliphatic rings. The number of rotatable bonds is 1. The van der Waals surface area contributed by atoms with Crippen molar-refractivity contribution < 1.29 is 4.79 Å². The SMILES string of the molecule is Nc1ccc(C2CCC(=O)C2)cc1Br. The lowest BCUT2D eigenvalue weighted by Crippen LogP contribution is -1.95. The highest BCUT2D eigenvalue weighted by Gasteiger charge is 2.23. The Morgan fingerprint density at radius 3 is 2.79 bits per heavy atom. The van der Waals surface area contributed by atoms with Gasteiger partial charge in [-0.1, -0.05) is 6.07 Å². The molecule has 0 bridgehead atoms. The van der Waals surface area contributed by atoms with Gasteiger partial charge in [-0.05, 0) is 46.0 Å². The normalized spacial score (nSPS) is 21.5. The molecule has 1 unspecified atom stereocenters. The van der Waals surface area contributed by atoms with Crippen LogP contribution < -0.4 is 5.73 Å². The molecule has 2 rings (SSSR count). The van der Waals surface area contributed by atoms with Crippen molar-refractivity contribution in [2.45, 2.75) is 25.2 Å². The molecule has 0 spiro atoms. The van der Waals surface area contributed by atoms with Gasteiger partial charge in [0.25, 0.3) is 0 Å². The van der Waals surface area contributed by atoms with Gasteiger partial charge in [0.2, 0.25) is 0 Å². The van der Waals surface area contributed by atoms with Crippen LogP contribution in [0.2, 0.25) is 0 Å². The zero-order valence-corrected chi connectivity index (χ0v) is 9.38. The number of ketones is 1. The van der Waals surface area contributed by atoms with Gasteiger partial charge in [-0.2, -0.15) is 0 Å². The first-order valence-corrected chi connectivity index (χ1v) is 5.53. The van der Waals surface area contributed by atoms with E-state index in [1.54, 1.807) is 0 Å². The molecule has 0 amide bonds. The molecule has 0 heterocycles. The molecule has 74 valence electrons. The van der Waals surface area contributed by atoms with Crippen molar-refractivity contribution in [2.75, 3.05) is 5.73 Å². The zero-order chi connectivity index (χ0) is 10.1. The average molecular weight is 254 g/mol. The molecular formula is C11H12BrNO. The molecule has 1 aromatic carbocycles. The topological polar surface area (TPSA) is 43.1 Å². The number of nitrogen functional groups attached to an aromatic ring is 1. The van der Waals surface area contributed by atoms with E-state index in [0.717, 1.165) is 23.0 Å². The fourth-order valence-electron chi connectivity index (χ4n) is 1.90. The molecule has 1 fully saturated rings. The number of carbonyl (C=O) groups excluding carboxylic acids is 1. The smallest absolute Gasteiger partial charge is 0.133 e. The van der Waals surface area contributed by atoms with E-state index in [4.69, 9.17) is 5.73 Å². The summed E-state index contributed by atoms with van der Waals surface area (Å²) in [7, 11) is 0. The molecule has 0 radical (unpaired) electrons. The molecule has 1 aromatic rings. The van der Waals surface area contributed by atoms with Gasteiger partial charge >= 0.3 is 0 Å². The number of benzene rings is 1. The molecule has 1 aliphatic carbocycles. The molecule has 1 atom stereocenters. The monoisotopic (exact) mass is 253 g/mol. The number of carbonyl (C=O) groups is 1. The summed E-state index contributed by atoms with van der Waals surface area (Å²) in [5.74, 6) is 0.780. The van der Waals surface area contributed by atoms with E-state index in [9.17, 15) is 4.79 Å². The molecule has 1 saturated carbocycles. The third-order valence-corrected chi connectivity index (χ3v) is 3.43. The molecular weight excluding hydrogens is 242 g/mol. The van der Waals surface area contributed by atoms with Crippen LogP contribution >= 0.6 is 15.9 Å². The third kappa shape index (κ3) is 1.82. The minimum absolute atomic E-state index is 0.378. The highest BCUT2D eigenvalue weighted by Crippen LogP contribution is 2.34. The van der Waals surface area contributed by atoms with Gasteiger partial charge < -0.3 is 5.73 Å². The molecule has 2 nitrogen and oxygen atoms in total. The molecule has 3 heteroatoms. The van der Waals surface area contributed by atoms with E-state index in [1.165, 1.54) is 5.56 Å². The lowest BCUT2D eigenvalue weighted by molar-refractivity contribution is -0.117. The number of anilines is 1. The van der Waals surface area contributed by atoms with Crippen molar-refractivity contribution in [3.8, 4) is 0 Å². The van der Waals surface area contributed by atoms with E-state index in [1.807, 2.05) is 18.2 Å². The largest absolute Gasteiger partial charge is 0.398 e. The Labute approximate surface area is 91.6 Å². The van der Waals surface area contributed by atoms with Crippen LogP contribution in [0.5, 0.6) is 0 Å². The highest BCUT2D eigenvalue weighted by molar-refractivity contribution is 9.10. The van der Waals surface area contributed by atoms with Crippen molar-refractivity contribution in [1.82, 2.24) is 0 Å². The minimum Gasteiger partial charge on any atom is -0.398 e. The average Bonchev–Trinajstić information content (AvgIpc) is 2.57. The van der Waals surface area contributed by atoms with Gasteiger partial charge in [-0.25, -0.2) is 0 Å². The van der Waals surface area contributed by atoms with Crippen LogP contribution in [0.4, 0.5) is 5.69 Å². The summed E-state index contributed by atoms with van der Waals surface area (Å²) in [5, 5.41) is 0. The van der Waals surface area contributed by atoms with E-state index in [-0.39, 0.29) is 0 Å². The van der Waals surface area contributed by atoms with Crippen LogP contribution in [0.1, 0.15) is 30.7 Å². The number of nitrogens with two attached hydrogens (primary N) is 1. The Kier molecular flexibility index (Phi) is 2.59. The van der Waals surface area contributed by atoms with E-state index >= 15 is 0 Å². The second kappa shape index (κ2) is 3.73. The zero-order valence-electron chi connectivity index (χ0n) is 7.79. The first-order valence-electron chi connectivity index (χ1n) is 4.73. The van der Waals surface area contributed by atoms with Gasteiger partial charge in [-0.3, -0.25) is 4.79 Å². The van der Waals surface area contributed by atoms with Crippen LogP contribution in [0.15, 0.2) is 22.7 Å². The number of halogens is 1. The van der Waals surface area contributed by atoms with E-state index in [2.05, 4.69) is 15.9 Å². The van der Waals surface area contributed by atoms with Crippen molar-refractivity contribution >= 4 is 27.4 Å². The van der Waals surface area contributed by atoms with Crippen molar-refractivity contribution in [3.63, 3.8) is 0 Å². The Hall–Kier alpha value is -0.830. The first-order chi connectivity index (χ1) is 6.66. The Balaban J connectivity index is 2.24. The van der Waals surface area contributed by atoms with E-state index < -0.39 is 0 Å². The standard InChI is InChI=1S/C11H12BrNO/c12-10-6-8(2-4-11(10)13)7-1-3-9(14)5-7/h2,4,6-7H,1,3,5,13H2. The predicted molar refractivity (Wildman–Crippen MR) is 60.2 cm³/mol. The predicted octanol–water partition coefficient (Wildman–Crippen LogP) is 2.87. The number of hydrogen-bond acceptors (Lipinski definition) is 2. The molecule has 14 heavy (non-hydrogen) atoms. The Morgan fingerprint density at radius 1 is 1.43 bits per heavy atom. The Morgan fingerprint density at radius 2 is 2.21 bits per heavy atom. The quantitative estimate of drug-likeness (QED) is 0.783. The number of hydrogen-bond donors (Lipinski definition) is 1. The van der Waals surface area contributed by atoms with Crippen molar-refractivity contribution in [2.24, 2.45) is 0 Å². The van der Waals surface area contributed by atoms with Gasteiger partial charge in [0.15, 0.2) is 0 Å². The molecule has 0 aliphatic heterocycles. The van der Waals surface area contributed by atoms with E-state index in [0.29, 0.717) is 18.1 Å². The van der Waals surface area contributed by atoms with Crippen LogP contribution in [-0.4, -0.2) is 5.78 Å². The summed E-state index contributed by atoms with van der Waals surface area (Å²) in [6.45, 7) is 0. The molecule has 0 aromatic heterocycles. The van der Waals surface area contributed by atoms with Crippen LogP contribution in [0.25, 0.3) is 0 Å². The van der Waals surface area contributed by atoms with Crippen LogP contribution in [-0.2, 0) is 4.79 Å². The maximum Gasteiger partial charge on any atom is 0.133 e. The summed E-state index contributed by atoms with van der Waals surface area (Å²) in [5.41, 5.74) is 7.67. The molecule has 2 N–H and O–H groups in total. The highest BCUT2D eigenvalue weighted by atomic mass is 79.9. The second-order valence-corrected chi connectivity index (χ2v) is 4.61. The van der Waals surface area contributed by atoms with Crippen LogP contribution in [0.3, 0.4) is 0 Å². The van der Waals surface area contributed by atoms with Gasteiger partial charge in [0.05, 0.1) is 0 Å². The maximum absolute atomic E-state index is 11.1. The van der Waals surface area contributed by atoms with Gasteiger partial charge in [0, 0.05) is 23.0 Å². The summed E-state index contributed by atoms with van der Waals surface area (Å²) in [6.07, 6.45) is 2.40. The maximum atomic E-state index is 11.1. The van der Waals surface area contributed by atoms with Gasteiger partial charge in [0.1, 0.15) is 5.78 Å². The number of Topliss-reactive ketones (excluding diaryl/α,β-unsaturated/α-hetero) is 1. The third-order valence-electron chi connectivity index (χ3n) is 2.74. The van der Waals surface area contributed by atoms with Crippen molar-refractivity contribution in [1.29, 1.82) is 0 Å². The van der Waals surface area contributed by atoms with Gasteiger partial charge in [-0.15, -0.1) is 0 Å². The lowest BCUT2D eigenvalue weighted by atomic mass is 9.97. The Bertz CT molecular complexity index is 376. The summed E-state index contributed by atoms with van der Waals surface area (Å²) in [4.78, 5) is 11.1. The lowest BCUT2D eigenvalue weighted by Gasteiger charge is -2.09. The van der Waals surface area contributed by atoms with Crippen molar-refractivity contribution in [3.05, 3.63) is 28.2 Å². The fourth-order valence-corrected chi connectivity index (χ4v) is 2.29. The van der Waals surface area contributed by atoms with Crippen LogP contribution in [0, 0.1) is 0 Å². The summed E-state index contributed by atoms with van der Waals surface area (Å²) in [6, 6.07) is 5.93. The first kappa shape index (κ1) is 9.71. The summed E-state index contributed by atoms with van der Waals surface area (Å²) >= 11 is 3.40. The fraction of sp³-hybridized carbons (Fsp3) is 0.364. The minimum atomic E-state index is 0.378. The molecule has 0 saturated heterocycles.